The van der Waals surface area contributed by atoms with Gasteiger partial charge in [0.05, 0.1) is 29.7 Å². The Kier molecular flexibility index (Phi) is 4.86. The van der Waals surface area contributed by atoms with Gasteiger partial charge >= 0.3 is 0 Å². The Balaban J connectivity index is 1.66. The molecule has 1 aliphatic heterocycles. The average molecular weight is 367 g/mol. The molecular formula is C20H21N3O2S. The van der Waals surface area contributed by atoms with E-state index in [-0.39, 0.29) is 12.0 Å². The number of morpholine rings is 1. The molecule has 2 aromatic heterocycles. The first-order valence-electron chi connectivity index (χ1n) is 8.77. The van der Waals surface area contributed by atoms with Crippen LogP contribution in [0, 0.1) is 0 Å². The number of rotatable bonds is 4. The number of carbonyl (C=O) groups is 1. The molecule has 134 valence electrons. The summed E-state index contributed by atoms with van der Waals surface area (Å²) in [6.07, 6.45) is 1.95. The van der Waals surface area contributed by atoms with Gasteiger partial charge in [-0.3, -0.25) is 9.48 Å². The third-order valence-corrected chi connectivity index (χ3v) is 5.34. The molecule has 1 aromatic carbocycles. The number of ether oxygens (including phenoxy) is 1. The van der Waals surface area contributed by atoms with Crippen LogP contribution in [0.2, 0.25) is 0 Å². The summed E-state index contributed by atoms with van der Waals surface area (Å²) in [5.74, 6) is 0.0304. The molecule has 3 heterocycles. The minimum atomic E-state index is 0.0304. The lowest BCUT2D eigenvalue weighted by Gasteiger charge is -2.31. The van der Waals surface area contributed by atoms with Crippen LogP contribution in [0.1, 0.15) is 22.8 Å². The van der Waals surface area contributed by atoms with E-state index >= 15 is 0 Å². The van der Waals surface area contributed by atoms with E-state index in [2.05, 4.69) is 12.1 Å². The van der Waals surface area contributed by atoms with Crippen molar-refractivity contribution in [2.45, 2.75) is 19.6 Å². The lowest BCUT2D eigenvalue weighted by molar-refractivity contribution is -0.0123. The van der Waals surface area contributed by atoms with Crippen molar-refractivity contribution in [1.29, 1.82) is 0 Å². The summed E-state index contributed by atoms with van der Waals surface area (Å²) < 4.78 is 7.43. The van der Waals surface area contributed by atoms with Crippen LogP contribution in [0.15, 0.2) is 54.0 Å². The maximum absolute atomic E-state index is 13.1. The second-order valence-electron chi connectivity index (χ2n) is 6.48. The van der Waals surface area contributed by atoms with Crippen LogP contribution in [0.5, 0.6) is 0 Å². The number of aromatic nitrogens is 2. The summed E-state index contributed by atoms with van der Waals surface area (Å²) in [7, 11) is 0. The van der Waals surface area contributed by atoms with E-state index in [1.54, 1.807) is 11.3 Å². The van der Waals surface area contributed by atoms with E-state index in [0.29, 0.717) is 31.8 Å². The van der Waals surface area contributed by atoms with Crippen LogP contribution in [-0.2, 0) is 11.3 Å². The second kappa shape index (κ2) is 7.43. The second-order valence-corrected chi connectivity index (χ2v) is 7.43. The molecule has 1 atom stereocenters. The Labute approximate surface area is 156 Å². The Bertz CT molecular complexity index is 874. The number of nitrogens with zero attached hydrogens (tertiary/aromatic N) is 3. The summed E-state index contributed by atoms with van der Waals surface area (Å²) in [4.78, 5) is 16.0. The highest BCUT2D eigenvalue weighted by atomic mass is 32.1. The predicted octanol–water partition coefficient (Wildman–Crippen LogP) is 3.52. The van der Waals surface area contributed by atoms with Gasteiger partial charge in [0.15, 0.2) is 0 Å². The van der Waals surface area contributed by atoms with Crippen molar-refractivity contribution in [2.24, 2.45) is 0 Å². The highest BCUT2D eigenvalue weighted by Gasteiger charge is 2.27. The fourth-order valence-corrected chi connectivity index (χ4v) is 3.92. The van der Waals surface area contributed by atoms with Gasteiger partial charge in [0, 0.05) is 19.3 Å². The van der Waals surface area contributed by atoms with Gasteiger partial charge in [-0.15, -0.1) is 11.3 Å². The van der Waals surface area contributed by atoms with E-state index in [0.717, 1.165) is 16.1 Å². The van der Waals surface area contributed by atoms with Crippen molar-refractivity contribution >= 4 is 17.2 Å². The third kappa shape index (κ3) is 3.57. The first kappa shape index (κ1) is 17.0. The monoisotopic (exact) mass is 367 g/mol. The Morgan fingerprint density at radius 1 is 1.27 bits per heavy atom. The molecule has 1 amide bonds. The molecular weight excluding hydrogens is 346 g/mol. The number of benzene rings is 1. The van der Waals surface area contributed by atoms with Gasteiger partial charge in [0.25, 0.3) is 5.91 Å². The number of thiophene rings is 1. The molecule has 0 aliphatic carbocycles. The highest BCUT2D eigenvalue weighted by molar-refractivity contribution is 7.13. The van der Waals surface area contributed by atoms with Gasteiger partial charge in [-0.1, -0.05) is 36.4 Å². The molecule has 0 saturated carbocycles. The van der Waals surface area contributed by atoms with Gasteiger partial charge in [-0.25, -0.2) is 0 Å². The number of hydrogen-bond acceptors (Lipinski definition) is 4. The summed E-state index contributed by atoms with van der Waals surface area (Å²) in [6.45, 7) is 4.47. The molecule has 0 unspecified atom stereocenters. The molecule has 0 N–H and O–H groups in total. The quantitative estimate of drug-likeness (QED) is 0.709. The van der Waals surface area contributed by atoms with Gasteiger partial charge in [0.2, 0.25) is 0 Å². The van der Waals surface area contributed by atoms with Crippen LogP contribution in [-0.4, -0.2) is 46.4 Å². The van der Waals surface area contributed by atoms with Gasteiger partial charge in [0.1, 0.15) is 5.69 Å². The van der Waals surface area contributed by atoms with Crippen molar-refractivity contribution in [1.82, 2.24) is 14.7 Å². The zero-order valence-corrected chi connectivity index (χ0v) is 15.5. The van der Waals surface area contributed by atoms with Gasteiger partial charge in [-0.05, 0) is 23.9 Å². The molecule has 0 radical (unpaired) electrons. The average Bonchev–Trinajstić information content (AvgIpc) is 3.31. The molecule has 4 rings (SSSR count). The van der Waals surface area contributed by atoms with Crippen molar-refractivity contribution in [3.05, 3.63) is 65.2 Å². The van der Waals surface area contributed by atoms with Crippen LogP contribution in [0.4, 0.5) is 0 Å². The largest absolute Gasteiger partial charge is 0.375 e. The van der Waals surface area contributed by atoms with E-state index in [9.17, 15) is 4.79 Å². The molecule has 0 bridgehead atoms. The molecule has 1 saturated heterocycles. The third-order valence-electron chi connectivity index (χ3n) is 4.46. The summed E-state index contributed by atoms with van der Waals surface area (Å²) in [5, 5.41) is 6.74. The van der Waals surface area contributed by atoms with Gasteiger partial charge in [-0.2, -0.15) is 5.10 Å². The summed E-state index contributed by atoms with van der Waals surface area (Å²) >= 11 is 1.60. The molecule has 1 fully saturated rings. The number of hydrogen-bond donors (Lipinski definition) is 0. The number of amides is 1. The molecule has 3 aromatic rings. The first-order chi connectivity index (χ1) is 12.7. The Morgan fingerprint density at radius 2 is 2.12 bits per heavy atom. The topological polar surface area (TPSA) is 47.4 Å². The standard InChI is InChI=1S/C20H21N3O2S/c1-15-12-22(9-10-25-15)20(24)17-14-23(13-16-6-3-2-4-7-16)21-19(17)18-8-5-11-26-18/h2-8,11,14-15H,9-10,12-13H2,1H3/t15-/m0/s1. The van der Waals surface area contributed by atoms with Crippen LogP contribution < -0.4 is 0 Å². The van der Waals surface area contributed by atoms with Crippen LogP contribution in [0.3, 0.4) is 0 Å². The van der Waals surface area contributed by atoms with E-state index in [1.165, 1.54) is 0 Å². The SMILES string of the molecule is C[C@H]1CN(C(=O)c2cn(Cc3ccccc3)nc2-c2cccs2)CCO1. The minimum Gasteiger partial charge on any atom is -0.375 e. The smallest absolute Gasteiger partial charge is 0.257 e. The normalized spacial score (nSPS) is 17.4. The predicted molar refractivity (Wildman–Crippen MR) is 102 cm³/mol. The zero-order chi connectivity index (χ0) is 17.9. The number of carbonyl (C=O) groups excluding carboxylic acids is 1. The highest BCUT2D eigenvalue weighted by Crippen LogP contribution is 2.28. The van der Waals surface area contributed by atoms with Crippen LogP contribution >= 0.6 is 11.3 Å². The first-order valence-corrected chi connectivity index (χ1v) is 9.65. The molecule has 1 aliphatic rings. The molecule has 26 heavy (non-hydrogen) atoms. The fourth-order valence-electron chi connectivity index (χ4n) is 3.20. The van der Waals surface area contributed by atoms with Crippen molar-refractivity contribution in [2.75, 3.05) is 19.7 Å². The van der Waals surface area contributed by atoms with E-state index in [1.807, 2.05) is 58.4 Å². The molecule has 5 nitrogen and oxygen atoms in total. The minimum absolute atomic E-state index is 0.0304. The maximum Gasteiger partial charge on any atom is 0.257 e. The zero-order valence-electron chi connectivity index (χ0n) is 14.7. The van der Waals surface area contributed by atoms with E-state index in [4.69, 9.17) is 9.84 Å². The fraction of sp³-hybridized carbons (Fsp3) is 0.300. The van der Waals surface area contributed by atoms with Crippen molar-refractivity contribution in [3.8, 4) is 10.6 Å². The Morgan fingerprint density at radius 3 is 2.85 bits per heavy atom. The summed E-state index contributed by atoms with van der Waals surface area (Å²) in [6, 6.07) is 14.2. The molecule has 6 heteroatoms. The Hall–Kier alpha value is -2.44. The lowest BCUT2D eigenvalue weighted by atomic mass is 10.1. The van der Waals surface area contributed by atoms with Gasteiger partial charge < -0.3 is 9.64 Å². The van der Waals surface area contributed by atoms with E-state index < -0.39 is 0 Å². The van der Waals surface area contributed by atoms with Crippen LogP contribution in [0.25, 0.3) is 10.6 Å². The van der Waals surface area contributed by atoms with Crippen molar-refractivity contribution in [3.63, 3.8) is 0 Å². The molecule has 0 spiro atoms. The lowest BCUT2D eigenvalue weighted by Crippen LogP contribution is -2.44. The van der Waals surface area contributed by atoms with Crippen molar-refractivity contribution < 1.29 is 9.53 Å². The summed E-state index contributed by atoms with van der Waals surface area (Å²) in [5.41, 5.74) is 2.59. The maximum atomic E-state index is 13.1.